The minimum absolute atomic E-state index is 0.328. The van der Waals surface area contributed by atoms with Gasteiger partial charge in [-0.05, 0) is 40.0 Å². The van der Waals surface area contributed by atoms with Crippen molar-refractivity contribution in [1.29, 1.82) is 0 Å². The third-order valence-corrected chi connectivity index (χ3v) is 3.27. The summed E-state index contributed by atoms with van der Waals surface area (Å²) in [6.07, 6.45) is 1.28. The second-order valence-corrected chi connectivity index (χ2v) is 6.31. The molecular weight excluding hydrogens is 184 g/mol. The lowest BCUT2D eigenvalue weighted by molar-refractivity contribution is 0.140. The number of nitrogens with one attached hydrogen (secondary N) is 1. The molecule has 1 aliphatic rings. The summed E-state index contributed by atoms with van der Waals surface area (Å²) < 4.78 is 0. The molecule has 0 aromatic carbocycles. The first-order valence-electron chi connectivity index (χ1n) is 6.32. The van der Waals surface area contributed by atoms with E-state index in [-0.39, 0.29) is 0 Å². The molecule has 1 heterocycles. The van der Waals surface area contributed by atoms with Crippen LogP contribution >= 0.6 is 0 Å². The molecule has 0 aromatic heterocycles. The molecule has 0 saturated carbocycles. The normalized spacial score (nSPS) is 25.8. The van der Waals surface area contributed by atoms with Crippen LogP contribution in [-0.2, 0) is 0 Å². The van der Waals surface area contributed by atoms with Crippen molar-refractivity contribution < 1.29 is 0 Å². The zero-order chi connectivity index (χ0) is 11.6. The van der Waals surface area contributed by atoms with Gasteiger partial charge in [-0.2, -0.15) is 0 Å². The lowest BCUT2D eigenvalue weighted by Crippen LogP contribution is -2.43. The standard InChI is InChI=1S/C13H28N2/c1-10(2)9-15(11(3)4)12-7-13(5,6)14-8-12/h10-12,14H,7-9H2,1-6H3. The topological polar surface area (TPSA) is 15.3 Å². The monoisotopic (exact) mass is 212 g/mol. The summed E-state index contributed by atoms with van der Waals surface area (Å²) in [4.78, 5) is 2.66. The molecule has 2 heteroatoms. The molecule has 0 radical (unpaired) electrons. The van der Waals surface area contributed by atoms with E-state index in [2.05, 4.69) is 51.8 Å². The fourth-order valence-corrected chi connectivity index (χ4v) is 2.57. The largest absolute Gasteiger partial charge is 0.310 e. The van der Waals surface area contributed by atoms with Gasteiger partial charge in [0.25, 0.3) is 0 Å². The molecular formula is C13H28N2. The fraction of sp³-hybridized carbons (Fsp3) is 1.00. The van der Waals surface area contributed by atoms with Crippen LogP contribution in [0.15, 0.2) is 0 Å². The van der Waals surface area contributed by atoms with Crippen LogP contribution in [0.2, 0.25) is 0 Å². The van der Waals surface area contributed by atoms with Crippen molar-refractivity contribution in [3.8, 4) is 0 Å². The van der Waals surface area contributed by atoms with Crippen LogP contribution in [0.3, 0.4) is 0 Å². The zero-order valence-electron chi connectivity index (χ0n) is 11.3. The summed E-state index contributed by atoms with van der Waals surface area (Å²) in [6.45, 7) is 16.2. The van der Waals surface area contributed by atoms with Crippen LogP contribution in [0, 0.1) is 5.92 Å². The molecule has 0 bridgehead atoms. The molecule has 90 valence electrons. The number of hydrogen-bond acceptors (Lipinski definition) is 2. The molecule has 1 saturated heterocycles. The van der Waals surface area contributed by atoms with Gasteiger partial charge in [0, 0.05) is 30.7 Å². The Morgan fingerprint density at radius 1 is 1.27 bits per heavy atom. The van der Waals surface area contributed by atoms with Crippen molar-refractivity contribution in [1.82, 2.24) is 10.2 Å². The Hall–Kier alpha value is -0.0800. The first-order chi connectivity index (χ1) is 6.82. The average molecular weight is 212 g/mol. The molecule has 1 atom stereocenters. The Morgan fingerprint density at radius 2 is 1.87 bits per heavy atom. The Kier molecular flexibility index (Phi) is 4.19. The van der Waals surface area contributed by atoms with E-state index in [4.69, 9.17) is 0 Å². The zero-order valence-corrected chi connectivity index (χ0v) is 11.3. The second-order valence-electron chi connectivity index (χ2n) is 6.31. The van der Waals surface area contributed by atoms with E-state index in [0.29, 0.717) is 11.6 Å². The van der Waals surface area contributed by atoms with Crippen molar-refractivity contribution in [3.05, 3.63) is 0 Å². The quantitative estimate of drug-likeness (QED) is 0.770. The highest BCUT2D eigenvalue weighted by Crippen LogP contribution is 2.24. The highest BCUT2D eigenvalue weighted by Gasteiger charge is 2.34. The average Bonchev–Trinajstić information content (AvgIpc) is 2.41. The SMILES string of the molecule is CC(C)CN(C(C)C)C1CNC(C)(C)C1. The maximum Gasteiger partial charge on any atom is 0.0240 e. The van der Waals surface area contributed by atoms with E-state index in [1.807, 2.05) is 0 Å². The second kappa shape index (κ2) is 4.84. The summed E-state index contributed by atoms with van der Waals surface area (Å²) in [6, 6.07) is 1.38. The molecule has 0 spiro atoms. The van der Waals surface area contributed by atoms with Gasteiger partial charge in [-0.3, -0.25) is 4.90 Å². The highest BCUT2D eigenvalue weighted by atomic mass is 15.2. The Morgan fingerprint density at radius 3 is 2.20 bits per heavy atom. The van der Waals surface area contributed by atoms with Gasteiger partial charge in [-0.1, -0.05) is 13.8 Å². The van der Waals surface area contributed by atoms with Gasteiger partial charge in [0.05, 0.1) is 0 Å². The van der Waals surface area contributed by atoms with Crippen molar-refractivity contribution in [2.24, 2.45) is 5.92 Å². The van der Waals surface area contributed by atoms with Gasteiger partial charge in [-0.25, -0.2) is 0 Å². The van der Waals surface area contributed by atoms with E-state index in [1.54, 1.807) is 0 Å². The maximum absolute atomic E-state index is 3.61. The number of hydrogen-bond donors (Lipinski definition) is 1. The first-order valence-corrected chi connectivity index (χ1v) is 6.32. The summed E-state index contributed by atoms with van der Waals surface area (Å²) in [5, 5.41) is 3.61. The van der Waals surface area contributed by atoms with E-state index >= 15 is 0 Å². The first kappa shape index (κ1) is 13.0. The molecule has 1 rings (SSSR count). The molecule has 1 N–H and O–H groups in total. The van der Waals surface area contributed by atoms with Crippen LogP contribution in [0.4, 0.5) is 0 Å². The third-order valence-electron chi connectivity index (χ3n) is 3.27. The molecule has 0 aliphatic carbocycles. The van der Waals surface area contributed by atoms with Gasteiger partial charge in [0.15, 0.2) is 0 Å². The molecule has 1 fully saturated rings. The molecule has 1 aliphatic heterocycles. The summed E-state index contributed by atoms with van der Waals surface area (Å²) in [5.41, 5.74) is 0.328. The fourth-order valence-electron chi connectivity index (χ4n) is 2.57. The van der Waals surface area contributed by atoms with Crippen LogP contribution in [-0.4, -0.2) is 35.6 Å². The van der Waals surface area contributed by atoms with Gasteiger partial charge in [0.2, 0.25) is 0 Å². The maximum atomic E-state index is 3.61. The van der Waals surface area contributed by atoms with Gasteiger partial charge in [0.1, 0.15) is 0 Å². The van der Waals surface area contributed by atoms with Gasteiger partial charge >= 0.3 is 0 Å². The predicted molar refractivity (Wildman–Crippen MR) is 67.2 cm³/mol. The Bertz CT molecular complexity index is 197. The van der Waals surface area contributed by atoms with E-state index in [1.165, 1.54) is 13.0 Å². The summed E-state index contributed by atoms with van der Waals surface area (Å²) in [5.74, 6) is 0.760. The Labute approximate surface area is 95.4 Å². The smallest absolute Gasteiger partial charge is 0.0240 e. The van der Waals surface area contributed by atoms with Crippen LogP contribution in [0.25, 0.3) is 0 Å². The molecule has 1 unspecified atom stereocenters. The lowest BCUT2D eigenvalue weighted by atomic mass is 9.99. The minimum Gasteiger partial charge on any atom is -0.310 e. The lowest BCUT2D eigenvalue weighted by Gasteiger charge is -2.34. The van der Waals surface area contributed by atoms with E-state index in [0.717, 1.165) is 18.5 Å². The number of nitrogens with zero attached hydrogens (tertiary/aromatic N) is 1. The number of rotatable bonds is 4. The van der Waals surface area contributed by atoms with E-state index in [9.17, 15) is 0 Å². The van der Waals surface area contributed by atoms with Gasteiger partial charge in [-0.15, -0.1) is 0 Å². The van der Waals surface area contributed by atoms with Crippen molar-refractivity contribution >= 4 is 0 Å². The minimum atomic E-state index is 0.328. The third kappa shape index (κ3) is 3.76. The summed E-state index contributed by atoms with van der Waals surface area (Å²) in [7, 11) is 0. The van der Waals surface area contributed by atoms with Gasteiger partial charge < -0.3 is 5.32 Å². The summed E-state index contributed by atoms with van der Waals surface area (Å²) >= 11 is 0. The van der Waals surface area contributed by atoms with Crippen molar-refractivity contribution in [3.63, 3.8) is 0 Å². The Balaban J connectivity index is 2.58. The van der Waals surface area contributed by atoms with E-state index < -0.39 is 0 Å². The van der Waals surface area contributed by atoms with Crippen LogP contribution in [0.5, 0.6) is 0 Å². The van der Waals surface area contributed by atoms with Crippen LogP contribution < -0.4 is 5.32 Å². The predicted octanol–water partition coefficient (Wildman–Crippen LogP) is 2.49. The molecule has 0 amide bonds. The van der Waals surface area contributed by atoms with Crippen LogP contribution in [0.1, 0.15) is 48.0 Å². The molecule has 15 heavy (non-hydrogen) atoms. The van der Waals surface area contributed by atoms with Crippen molar-refractivity contribution in [2.75, 3.05) is 13.1 Å². The van der Waals surface area contributed by atoms with Crippen molar-refractivity contribution in [2.45, 2.75) is 65.6 Å². The molecule has 0 aromatic rings. The highest BCUT2D eigenvalue weighted by molar-refractivity contribution is 4.95. The molecule has 2 nitrogen and oxygen atoms in total.